The number of hydrogen-bond acceptors (Lipinski definition) is 7. The second kappa shape index (κ2) is 3.86. The minimum Gasteiger partial charge on any atom is -0.393 e. The van der Waals surface area contributed by atoms with Crippen molar-refractivity contribution in [1.82, 2.24) is 0 Å². The van der Waals surface area contributed by atoms with Crippen molar-refractivity contribution in [3.05, 3.63) is 0 Å². The number of aliphatic hydroxyl groups is 5. The Morgan fingerprint density at radius 3 is 2.06 bits per heavy atom. The minimum absolute atomic E-state index is 0.889. The summed E-state index contributed by atoms with van der Waals surface area (Å²) in [6.07, 6.45) is -6.64. The highest BCUT2D eigenvalue weighted by Gasteiger charge is 2.63. The van der Waals surface area contributed by atoms with E-state index in [-0.39, 0.29) is 0 Å². The highest BCUT2D eigenvalue weighted by molar-refractivity contribution is 5.11. The molecule has 5 N–H and O–H groups in total. The van der Waals surface area contributed by atoms with Gasteiger partial charge < -0.3 is 35.0 Å². The van der Waals surface area contributed by atoms with Crippen LogP contribution in [0.3, 0.4) is 0 Å². The molecule has 2 rings (SSSR count). The Hall–Kier alpha value is -0.280. The zero-order chi connectivity index (χ0) is 13.0. The van der Waals surface area contributed by atoms with Gasteiger partial charge in [0, 0.05) is 0 Å². The first-order valence-corrected chi connectivity index (χ1v) is 5.46. The van der Waals surface area contributed by atoms with E-state index in [0.29, 0.717) is 0 Å². The predicted octanol–water partition coefficient (Wildman–Crippen LogP) is -2.67. The van der Waals surface area contributed by atoms with Gasteiger partial charge in [0.05, 0.1) is 6.61 Å². The highest BCUT2D eigenvalue weighted by atomic mass is 16.8. The average molecular weight is 250 g/mol. The molecule has 17 heavy (non-hydrogen) atoms. The molecule has 0 amide bonds. The Morgan fingerprint density at radius 1 is 1.00 bits per heavy atom. The summed E-state index contributed by atoms with van der Waals surface area (Å²) in [5.41, 5.74) is -2.22. The number of ether oxygens (including phenoxy) is 2. The second-order valence-corrected chi connectivity index (χ2v) is 5.09. The zero-order valence-corrected chi connectivity index (χ0v) is 9.65. The Balaban J connectivity index is 2.32. The Morgan fingerprint density at radius 2 is 1.53 bits per heavy atom. The molecule has 7 nitrogen and oxygen atoms in total. The maximum atomic E-state index is 9.96. The van der Waals surface area contributed by atoms with E-state index < -0.39 is 48.5 Å². The van der Waals surface area contributed by atoms with Crippen molar-refractivity contribution in [3.63, 3.8) is 0 Å². The number of hydrogen-bond donors (Lipinski definition) is 5. The van der Waals surface area contributed by atoms with E-state index in [2.05, 4.69) is 0 Å². The number of rotatable bonds is 1. The summed E-state index contributed by atoms with van der Waals surface area (Å²) in [5, 5.41) is 48.5. The third-order valence-corrected chi connectivity index (χ3v) is 3.41. The molecule has 0 radical (unpaired) electrons. The van der Waals surface area contributed by atoms with E-state index in [1.54, 1.807) is 13.8 Å². The minimum atomic E-state index is -2.22. The van der Waals surface area contributed by atoms with Crippen LogP contribution < -0.4 is 0 Å². The first kappa shape index (κ1) is 13.2. The molecule has 0 aromatic rings. The van der Waals surface area contributed by atoms with Crippen molar-refractivity contribution in [2.45, 2.75) is 55.8 Å². The number of aliphatic hydroxyl groups excluding tert-OH is 4. The fraction of sp³-hybridized carbons (Fsp3) is 1.00. The van der Waals surface area contributed by atoms with Crippen LogP contribution in [0.2, 0.25) is 0 Å². The lowest BCUT2D eigenvalue weighted by molar-refractivity contribution is -0.255. The molecule has 0 aromatic carbocycles. The Bertz CT molecular complexity index is 307. The quantitative estimate of drug-likeness (QED) is 0.344. The molecule has 100 valence electrons. The fourth-order valence-corrected chi connectivity index (χ4v) is 2.45. The standard InChI is InChI=1S/C10H18O7/c1-9(2)16-5-4(12)7(13)10(15,3-11)8(14)6(5)17-9/h4-8,11-15H,3H2,1-2H3/t4-,5-,6-,7-,8+,10-/m1/s1. The first-order valence-electron chi connectivity index (χ1n) is 5.46. The van der Waals surface area contributed by atoms with Gasteiger partial charge in [-0.25, -0.2) is 0 Å². The van der Waals surface area contributed by atoms with Gasteiger partial charge in [0.2, 0.25) is 0 Å². The molecule has 0 bridgehead atoms. The van der Waals surface area contributed by atoms with Crippen LogP contribution in [-0.4, -0.2) is 74.0 Å². The van der Waals surface area contributed by atoms with Crippen LogP contribution in [0.1, 0.15) is 13.8 Å². The summed E-state index contributed by atoms with van der Waals surface area (Å²) in [5.74, 6) is -1.03. The summed E-state index contributed by atoms with van der Waals surface area (Å²) < 4.78 is 10.7. The molecule has 7 heteroatoms. The van der Waals surface area contributed by atoms with Crippen LogP contribution in [-0.2, 0) is 9.47 Å². The van der Waals surface area contributed by atoms with E-state index in [1.165, 1.54) is 0 Å². The van der Waals surface area contributed by atoms with Gasteiger partial charge in [-0.1, -0.05) is 0 Å². The molecule has 2 aliphatic rings. The van der Waals surface area contributed by atoms with Gasteiger partial charge in [-0.2, -0.15) is 0 Å². The molecule has 1 heterocycles. The van der Waals surface area contributed by atoms with Crippen LogP contribution >= 0.6 is 0 Å². The Kier molecular flexibility index (Phi) is 2.98. The lowest BCUT2D eigenvalue weighted by Gasteiger charge is -2.46. The van der Waals surface area contributed by atoms with Crippen molar-refractivity contribution in [1.29, 1.82) is 0 Å². The largest absolute Gasteiger partial charge is 0.393 e. The van der Waals surface area contributed by atoms with E-state index >= 15 is 0 Å². The van der Waals surface area contributed by atoms with Crippen LogP contribution in [0.5, 0.6) is 0 Å². The third-order valence-electron chi connectivity index (χ3n) is 3.41. The van der Waals surface area contributed by atoms with Gasteiger partial charge in [0.1, 0.15) is 36.1 Å². The summed E-state index contributed by atoms with van der Waals surface area (Å²) in [4.78, 5) is 0. The van der Waals surface area contributed by atoms with E-state index in [0.717, 1.165) is 0 Å². The summed E-state index contributed by atoms with van der Waals surface area (Å²) in [6.45, 7) is 2.30. The summed E-state index contributed by atoms with van der Waals surface area (Å²) >= 11 is 0. The van der Waals surface area contributed by atoms with Crippen molar-refractivity contribution < 1.29 is 35.0 Å². The molecular formula is C10H18O7. The van der Waals surface area contributed by atoms with Crippen LogP contribution in [0.25, 0.3) is 0 Å². The molecule has 0 spiro atoms. The lowest BCUT2D eigenvalue weighted by Crippen LogP contribution is -2.71. The molecule has 0 aromatic heterocycles. The normalized spacial score (nSPS) is 53.5. The fourth-order valence-electron chi connectivity index (χ4n) is 2.45. The Labute approximate surface area is 98.2 Å². The maximum absolute atomic E-state index is 9.96. The van der Waals surface area contributed by atoms with Gasteiger partial charge in [0.25, 0.3) is 0 Å². The van der Waals surface area contributed by atoms with Crippen molar-refractivity contribution in [3.8, 4) is 0 Å². The second-order valence-electron chi connectivity index (χ2n) is 5.09. The van der Waals surface area contributed by atoms with Gasteiger partial charge in [-0.15, -0.1) is 0 Å². The lowest BCUT2D eigenvalue weighted by atomic mass is 9.75. The van der Waals surface area contributed by atoms with Crippen molar-refractivity contribution in [2.24, 2.45) is 0 Å². The van der Waals surface area contributed by atoms with Crippen LogP contribution in [0.15, 0.2) is 0 Å². The van der Waals surface area contributed by atoms with E-state index in [4.69, 9.17) is 14.6 Å². The van der Waals surface area contributed by atoms with Crippen molar-refractivity contribution in [2.75, 3.05) is 6.61 Å². The van der Waals surface area contributed by atoms with Crippen LogP contribution in [0.4, 0.5) is 0 Å². The van der Waals surface area contributed by atoms with Crippen molar-refractivity contribution >= 4 is 0 Å². The van der Waals surface area contributed by atoms with E-state index in [9.17, 15) is 20.4 Å². The molecule has 1 saturated heterocycles. The average Bonchev–Trinajstić information content (AvgIpc) is 2.60. The predicted molar refractivity (Wildman–Crippen MR) is 53.9 cm³/mol. The molecular weight excluding hydrogens is 232 g/mol. The van der Waals surface area contributed by atoms with Gasteiger partial charge in [-0.3, -0.25) is 0 Å². The SMILES string of the molecule is CC1(C)O[C@@H]2[C@@H](O)[C@@H](O)[C@](O)(CO)[C@@H](O)[C@@H]2O1. The van der Waals surface area contributed by atoms with E-state index in [1.807, 2.05) is 0 Å². The topological polar surface area (TPSA) is 120 Å². The van der Waals surface area contributed by atoms with Crippen LogP contribution in [0, 0.1) is 0 Å². The van der Waals surface area contributed by atoms with Gasteiger partial charge in [-0.05, 0) is 13.8 Å². The smallest absolute Gasteiger partial charge is 0.164 e. The maximum Gasteiger partial charge on any atom is 0.164 e. The molecule has 2 fully saturated rings. The molecule has 6 atom stereocenters. The molecule has 1 aliphatic carbocycles. The highest BCUT2D eigenvalue weighted by Crippen LogP contribution is 2.41. The first-order chi connectivity index (χ1) is 7.73. The summed E-state index contributed by atoms with van der Waals surface area (Å²) in [6, 6.07) is 0. The molecule has 1 saturated carbocycles. The van der Waals surface area contributed by atoms with Gasteiger partial charge >= 0.3 is 0 Å². The third kappa shape index (κ3) is 1.78. The summed E-state index contributed by atoms with van der Waals surface area (Å²) in [7, 11) is 0. The molecule has 0 unspecified atom stereocenters. The zero-order valence-electron chi connectivity index (χ0n) is 9.65. The van der Waals surface area contributed by atoms with Gasteiger partial charge in [0.15, 0.2) is 5.79 Å². The molecule has 1 aliphatic heterocycles. The monoisotopic (exact) mass is 250 g/mol. The number of fused-ring (bicyclic) bond motifs is 1.